The maximum atomic E-state index is 10.6. The van der Waals surface area contributed by atoms with Crippen molar-refractivity contribution in [3.63, 3.8) is 0 Å². The fraction of sp³-hybridized carbons (Fsp3) is 0.400. The predicted octanol–water partition coefficient (Wildman–Crippen LogP) is 1.35. The minimum atomic E-state index is -1.06. The zero-order chi connectivity index (χ0) is 12.0. The molecule has 88 valence electrons. The predicted molar refractivity (Wildman–Crippen MR) is 60.5 cm³/mol. The average Bonchev–Trinajstić information content (AvgIpc) is 2.65. The summed E-state index contributed by atoms with van der Waals surface area (Å²) in [5.74, 6) is 0.846. The molecule has 5 nitrogen and oxygen atoms in total. The molecule has 16 heavy (non-hydrogen) atoms. The second-order valence-corrected chi connectivity index (χ2v) is 4.21. The largest absolute Gasteiger partial charge is 0.475 e. The summed E-state index contributed by atoms with van der Waals surface area (Å²) >= 11 is 1.57. The quantitative estimate of drug-likeness (QED) is 0.737. The average molecular weight is 243 g/mol. The van der Waals surface area contributed by atoms with Crippen molar-refractivity contribution in [2.75, 3.05) is 12.3 Å². The zero-order valence-electron chi connectivity index (χ0n) is 8.86. The van der Waals surface area contributed by atoms with Gasteiger partial charge < -0.3 is 14.8 Å². The van der Waals surface area contributed by atoms with Crippen molar-refractivity contribution in [1.82, 2.24) is 5.32 Å². The van der Waals surface area contributed by atoms with Crippen molar-refractivity contribution in [3.05, 3.63) is 23.7 Å². The number of carboxylic acids is 1. The second-order valence-electron chi connectivity index (χ2n) is 3.11. The molecule has 0 bridgehead atoms. The topological polar surface area (TPSA) is 79.5 Å². The van der Waals surface area contributed by atoms with Gasteiger partial charge in [0.05, 0.1) is 5.75 Å². The molecule has 0 aliphatic rings. The van der Waals surface area contributed by atoms with Crippen LogP contribution in [0.3, 0.4) is 0 Å². The number of hydrogen-bond acceptors (Lipinski definition) is 4. The highest BCUT2D eigenvalue weighted by molar-refractivity contribution is 7.98. The van der Waals surface area contributed by atoms with Crippen LogP contribution in [0.15, 0.2) is 16.5 Å². The molecular weight excluding hydrogens is 230 g/mol. The molecule has 0 saturated heterocycles. The maximum Gasteiger partial charge on any atom is 0.371 e. The van der Waals surface area contributed by atoms with Crippen LogP contribution in [0.25, 0.3) is 0 Å². The van der Waals surface area contributed by atoms with Gasteiger partial charge in [0.15, 0.2) is 0 Å². The van der Waals surface area contributed by atoms with Crippen molar-refractivity contribution >= 4 is 23.6 Å². The minimum absolute atomic E-state index is 0.0440. The van der Waals surface area contributed by atoms with Crippen molar-refractivity contribution in [2.45, 2.75) is 12.7 Å². The Morgan fingerprint density at radius 3 is 2.81 bits per heavy atom. The maximum absolute atomic E-state index is 10.6. The molecule has 0 fully saturated rings. The van der Waals surface area contributed by atoms with E-state index in [0.29, 0.717) is 18.1 Å². The van der Waals surface area contributed by atoms with Crippen LogP contribution in [-0.2, 0) is 10.5 Å². The SMILES string of the molecule is CC(=O)NCCSCc1ccc(C(=O)O)o1. The van der Waals surface area contributed by atoms with Crippen LogP contribution in [0.4, 0.5) is 0 Å². The molecule has 1 aromatic rings. The molecule has 1 amide bonds. The van der Waals surface area contributed by atoms with E-state index in [2.05, 4.69) is 5.32 Å². The lowest BCUT2D eigenvalue weighted by molar-refractivity contribution is -0.118. The summed E-state index contributed by atoms with van der Waals surface area (Å²) in [6, 6.07) is 3.08. The number of rotatable bonds is 6. The first-order valence-corrected chi connectivity index (χ1v) is 5.89. The summed E-state index contributed by atoms with van der Waals surface area (Å²) in [5, 5.41) is 11.3. The van der Waals surface area contributed by atoms with Crippen LogP contribution in [-0.4, -0.2) is 29.3 Å². The van der Waals surface area contributed by atoms with Crippen molar-refractivity contribution < 1.29 is 19.1 Å². The molecule has 0 aliphatic carbocycles. The van der Waals surface area contributed by atoms with Crippen LogP contribution in [0.1, 0.15) is 23.2 Å². The Balaban J connectivity index is 2.21. The summed E-state index contributed by atoms with van der Waals surface area (Å²) in [7, 11) is 0. The number of thioether (sulfide) groups is 1. The minimum Gasteiger partial charge on any atom is -0.475 e. The lowest BCUT2D eigenvalue weighted by atomic mass is 10.4. The van der Waals surface area contributed by atoms with Gasteiger partial charge in [-0.3, -0.25) is 4.79 Å². The highest BCUT2D eigenvalue weighted by atomic mass is 32.2. The first-order chi connectivity index (χ1) is 7.59. The first-order valence-electron chi connectivity index (χ1n) is 4.74. The number of hydrogen-bond donors (Lipinski definition) is 2. The smallest absolute Gasteiger partial charge is 0.371 e. The van der Waals surface area contributed by atoms with Crippen LogP contribution in [0.5, 0.6) is 0 Å². The third kappa shape index (κ3) is 4.39. The Morgan fingerprint density at radius 2 is 2.25 bits per heavy atom. The van der Waals surface area contributed by atoms with Gasteiger partial charge in [0.2, 0.25) is 11.7 Å². The van der Waals surface area contributed by atoms with Gasteiger partial charge in [-0.1, -0.05) is 0 Å². The van der Waals surface area contributed by atoms with E-state index in [1.807, 2.05) is 0 Å². The highest BCUT2D eigenvalue weighted by Crippen LogP contribution is 2.14. The van der Waals surface area contributed by atoms with Crippen LogP contribution >= 0.6 is 11.8 Å². The molecular formula is C10H13NO4S. The summed E-state index contributed by atoms with van der Waals surface area (Å²) in [4.78, 5) is 21.1. The number of carboxylic acid groups (broad SMARTS) is 1. The Kier molecular flexibility index (Phi) is 4.91. The van der Waals surface area contributed by atoms with Crippen LogP contribution in [0.2, 0.25) is 0 Å². The van der Waals surface area contributed by atoms with E-state index in [9.17, 15) is 9.59 Å². The summed E-state index contributed by atoms with van der Waals surface area (Å²) in [5.41, 5.74) is 0. The summed E-state index contributed by atoms with van der Waals surface area (Å²) in [6.07, 6.45) is 0. The van der Waals surface area contributed by atoms with Gasteiger partial charge in [-0.25, -0.2) is 4.79 Å². The fourth-order valence-corrected chi connectivity index (χ4v) is 1.79. The van der Waals surface area contributed by atoms with E-state index in [1.54, 1.807) is 17.8 Å². The number of nitrogens with one attached hydrogen (secondary N) is 1. The molecule has 0 atom stereocenters. The van der Waals surface area contributed by atoms with Gasteiger partial charge in [0, 0.05) is 19.2 Å². The normalized spacial score (nSPS) is 10.1. The van der Waals surface area contributed by atoms with Crippen molar-refractivity contribution in [2.24, 2.45) is 0 Å². The van der Waals surface area contributed by atoms with E-state index in [1.165, 1.54) is 13.0 Å². The lowest BCUT2D eigenvalue weighted by Gasteiger charge is -2.00. The number of amides is 1. The number of furan rings is 1. The van der Waals surface area contributed by atoms with Gasteiger partial charge >= 0.3 is 5.97 Å². The molecule has 0 radical (unpaired) electrons. The summed E-state index contributed by atoms with van der Waals surface area (Å²) in [6.45, 7) is 2.07. The molecule has 6 heteroatoms. The Bertz CT molecular complexity index is 375. The lowest BCUT2D eigenvalue weighted by Crippen LogP contribution is -2.22. The van der Waals surface area contributed by atoms with Gasteiger partial charge in [-0.05, 0) is 12.1 Å². The zero-order valence-corrected chi connectivity index (χ0v) is 9.67. The number of carbonyl (C=O) groups is 2. The van der Waals surface area contributed by atoms with Gasteiger partial charge in [0.25, 0.3) is 0 Å². The molecule has 1 aromatic heterocycles. The molecule has 2 N–H and O–H groups in total. The third-order valence-corrected chi connectivity index (χ3v) is 2.72. The number of aromatic carboxylic acids is 1. The molecule has 0 unspecified atom stereocenters. The van der Waals surface area contributed by atoms with E-state index in [0.717, 1.165) is 5.75 Å². The molecule has 1 rings (SSSR count). The Morgan fingerprint density at radius 1 is 1.50 bits per heavy atom. The fourth-order valence-electron chi connectivity index (χ4n) is 1.04. The van der Waals surface area contributed by atoms with E-state index < -0.39 is 5.97 Å². The monoisotopic (exact) mass is 243 g/mol. The molecule has 0 aromatic carbocycles. The molecule has 0 spiro atoms. The van der Waals surface area contributed by atoms with Gasteiger partial charge in [-0.15, -0.1) is 0 Å². The van der Waals surface area contributed by atoms with Crippen LogP contribution < -0.4 is 5.32 Å². The molecule has 0 saturated carbocycles. The molecule has 1 heterocycles. The van der Waals surface area contributed by atoms with Gasteiger partial charge in [0.1, 0.15) is 5.76 Å². The first kappa shape index (κ1) is 12.6. The highest BCUT2D eigenvalue weighted by Gasteiger charge is 2.08. The second kappa shape index (κ2) is 6.22. The third-order valence-electron chi connectivity index (χ3n) is 1.74. The van der Waals surface area contributed by atoms with E-state index in [-0.39, 0.29) is 11.7 Å². The Hall–Kier alpha value is -1.43. The van der Waals surface area contributed by atoms with Gasteiger partial charge in [-0.2, -0.15) is 11.8 Å². The standard InChI is InChI=1S/C10H13NO4S/c1-7(12)11-4-5-16-6-8-2-3-9(15-8)10(13)14/h2-3H,4-6H2,1H3,(H,11,12)(H,13,14). The van der Waals surface area contributed by atoms with Crippen molar-refractivity contribution in [3.8, 4) is 0 Å². The summed E-state index contributed by atoms with van der Waals surface area (Å²) < 4.78 is 5.07. The number of carbonyl (C=O) groups excluding carboxylic acids is 1. The molecule has 0 aliphatic heterocycles. The van der Waals surface area contributed by atoms with E-state index >= 15 is 0 Å². The Labute approximate surface area is 97.2 Å². The van der Waals surface area contributed by atoms with Crippen LogP contribution in [0, 0.1) is 0 Å². The van der Waals surface area contributed by atoms with Crippen molar-refractivity contribution in [1.29, 1.82) is 0 Å². The van der Waals surface area contributed by atoms with E-state index in [4.69, 9.17) is 9.52 Å².